The molecule has 0 aliphatic rings. The summed E-state index contributed by atoms with van der Waals surface area (Å²) < 4.78 is 23.4. The minimum atomic E-state index is -4.61. The summed E-state index contributed by atoms with van der Waals surface area (Å²) >= 11 is 0. The smallest absolute Gasteiger partial charge is 0.268 e. The van der Waals surface area contributed by atoms with Crippen molar-refractivity contribution in [1.29, 1.82) is 0 Å². The van der Waals surface area contributed by atoms with Crippen molar-refractivity contribution in [1.82, 2.24) is 5.32 Å². The number of hydrogen-bond donors (Lipinski definition) is 2. The van der Waals surface area contributed by atoms with Gasteiger partial charge in [0.05, 0.1) is 39.9 Å². The van der Waals surface area contributed by atoms with E-state index in [0.29, 0.717) is 17.4 Å². The third-order valence-electron chi connectivity index (χ3n) is 14.8. The number of amides is 1. The average Bonchev–Trinajstić information content (AvgIpc) is 3.36. The number of aliphatic hydroxyl groups excluding tert-OH is 1. The van der Waals surface area contributed by atoms with Gasteiger partial charge in [-0.2, -0.15) is 0 Å². The summed E-state index contributed by atoms with van der Waals surface area (Å²) in [6, 6.07) is -0.902. The highest BCUT2D eigenvalue weighted by Crippen LogP contribution is 2.38. The number of carbonyl (C=O) groups is 1. The van der Waals surface area contributed by atoms with Gasteiger partial charge < -0.3 is 28.8 Å². The van der Waals surface area contributed by atoms with Crippen molar-refractivity contribution in [3.05, 3.63) is 36.5 Å². The second-order valence-corrected chi connectivity index (χ2v) is 24.9. The quantitative estimate of drug-likeness (QED) is 0.0272. The molecule has 0 fully saturated rings. The van der Waals surface area contributed by atoms with Crippen LogP contribution in [0.25, 0.3) is 0 Å². The minimum absolute atomic E-state index is 0.00456. The fraction of sp³-hybridized carbons (Fsp3) is 0.892. The predicted octanol–water partition coefficient (Wildman–Crippen LogP) is 19.5. The van der Waals surface area contributed by atoms with Gasteiger partial charge in [0.25, 0.3) is 7.82 Å². The topological polar surface area (TPSA) is 108 Å². The summed E-state index contributed by atoms with van der Waals surface area (Å²) in [5.41, 5.74) is 0. The normalized spacial score (nSPS) is 14.0. The molecule has 0 aromatic carbocycles. The summed E-state index contributed by atoms with van der Waals surface area (Å²) in [7, 11) is 1.26. The summed E-state index contributed by atoms with van der Waals surface area (Å²) in [6.07, 6.45) is 74.0. The molecule has 0 aliphatic carbocycles. The number of allylic oxidation sites excluding steroid dienone is 5. The summed E-state index contributed by atoms with van der Waals surface area (Å²) in [5.74, 6) is -0.201. The third-order valence-corrected chi connectivity index (χ3v) is 15.8. The summed E-state index contributed by atoms with van der Waals surface area (Å²) in [6.45, 7) is 4.67. The van der Waals surface area contributed by atoms with E-state index in [9.17, 15) is 19.4 Å². The molecule has 1 amide bonds. The first-order chi connectivity index (χ1) is 36.0. The molecule has 0 heterocycles. The van der Waals surface area contributed by atoms with Gasteiger partial charge in [0, 0.05) is 6.42 Å². The second kappa shape index (κ2) is 56.4. The van der Waals surface area contributed by atoms with Crippen LogP contribution in [-0.4, -0.2) is 68.5 Å². The van der Waals surface area contributed by atoms with Crippen LogP contribution in [0.5, 0.6) is 0 Å². The Labute approximate surface area is 461 Å². The van der Waals surface area contributed by atoms with E-state index >= 15 is 0 Å². The van der Waals surface area contributed by atoms with E-state index < -0.39 is 20.0 Å². The molecule has 0 saturated heterocycles. The van der Waals surface area contributed by atoms with Crippen LogP contribution in [-0.2, 0) is 18.4 Å². The Morgan fingerprint density at radius 3 is 1.09 bits per heavy atom. The Balaban J connectivity index is 4.05. The first-order valence-electron chi connectivity index (χ1n) is 32.4. The van der Waals surface area contributed by atoms with Crippen LogP contribution in [0.4, 0.5) is 0 Å². The average molecular weight is 1060 g/mol. The molecular formula is C65H127N2O6P. The van der Waals surface area contributed by atoms with E-state index in [2.05, 4.69) is 43.5 Å². The van der Waals surface area contributed by atoms with E-state index in [1.165, 1.54) is 263 Å². The Morgan fingerprint density at radius 1 is 0.459 bits per heavy atom. The molecule has 74 heavy (non-hydrogen) atoms. The maximum Gasteiger partial charge on any atom is 0.268 e. The maximum atomic E-state index is 13.0. The van der Waals surface area contributed by atoms with Crippen molar-refractivity contribution in [3.63, 3.8) is 0 Å². The number of nitrogens with one attached hydrogen (secondary N) is 1. The van der Waals surface area contributed by atoms with E-state index in [4.69, 9.17) is 9.05 Å². The molecular weight excluding hydrogens is 936 g/mol. The zero-order valence-corrected chi connectivity index (χ0v) is 51.0. The number of quaternary nitrogens is 1. The van der Waals surface area contributed by atoms with Crippen LogP contribution in [0, 0.1) is 0 Å². The maximum absolute atomic E-state index is 13.0. The molecule has 0 spiro atoms. The lowest BCUT2D eigenvalue weighted by Crippen LogP contribution is -2.45. The monoisotopic (exact) mass is 1060 g/mol. The van der Waals surface area contributed by atoms with Gasteiger partial charge >= 0.3 is 0 Å². The Kier molecular flexibility index (Phi) is 55.5. The van der Waals surface area contributed by atoms with Crippen molar-refractivity contribution < 1.29 is 32.9 Å². The molecule has 2 N–H and O–H groups in total. The highest BCUT2D eigenvalue weighted by atomic mass is 31.2. The molecule has 0 radical (unpaired) electrons. The fourth-order valence-electron chi connectivity index (χ4n) is 9.76. The number of nitrogens with zero attached hydrogens (tertiary/aromatic N) is 1. The predicted molar refractivity (Wildman–Crippen MR) is 321 cm³/mol. The van der Waals surface area contributed by atoms with Crippen molar-refractivity contribution >= 4 is 13.7 Å². The molecule has 0 aromatic rings. The van der Waals surface area contributed by atoms with E-state index in [-0.39, 0.29) is 19.1 Å². The number of hydrogen-bond acceptors (Lipinski definition) is 6. The van der Waals surface area contributed by atoms with Crippen LogP contribution < -0.4 is 10.2 Å². The number of phosphoric acid groups is 1. The lowest BCUT2D eigenvalue weighted by atomic mass is 10.0. The standard InChI is InChI=1S/C65H127N2O6P/c1-6-8-10-12-14-16-18-20-22-24-26-27-28-29-30-31-32-33-34-35-36-37-38-39-41-43-45-47-49-51-53-55-57-59-65(69)66-63(62-73-74(70,71)72-61-60-67(3,4)5)64(68)58-56-54-52-50-48-46-44-42-40-25-23-21-19-17-15-13-11-9-7-2/h24,26,48,50,56,58,63-64,68H,6-23,25,27-47,49,51-55,57,59-62H2,1-5H3,(H-,66,69,70,71)/b26-24-,50-48+,58-56+. The molecule has 3 atom stereocenters. The van der Waals surface area contributed by atoms with Crippen molar-refractivity contribution in [2.45, 2.75) is 334 Å². The number of phosphoric ester groups is 1. The van der Waals surface area contributed by atoms with Gasteiger partial charge in [-0.25, -0.2) is 0 Å². The van der Waals surface area contributed by atoms with E-state index in [1.54, 1.807) is 6.08 Å². The molecule has 3 unspecified atom stereocenters. The van der Waals surface area contributed by atoms with Gasteiger partial charge in [-0.05, 0) is 57.8 Å². The molecule has 0 aliphatic heterocycles. The molecule has 438 valence electrons. The molecule has 8 nitrogen and oxygen atoms in total. The molecule has 9 heteroatoms. The highest BCUT2D eigenvalue weighted by molar-refractivity contribution is 7.45. The molecule has 0 rings (SSSR count). The lowest BCUT2D eigenvalue weighted by Gasteiger charge is -2.29. The number of carbonyl (C=O) groups excluding carboxylic acids is 1. The fourth-order valence-corrected chi connectivity index (χ4v) is 10.5. The van der Waals surface area contributed by atoms with E-state index in [1.807, 2.05) is 27.2 Å². The molecule has 0 saturated carbocycles. The van der Waals surface area contributed by atoms with E-state index in [0.717, 1.165) is 38.5 Å². The first-order valence-corrected chi connectivity index (χ1v) is 33.8. The second-order valence-electron chi connectivity index (χ2n) is 23.5. The van der Waals surface area contributed by atoms with Gasteiger partial charge in [-0.15, -0.1) is 0 Å². The Hall–Kier alpha value is -1.28. The number of likely N-dealkylation sites (N-methyl/N-ethyl adjacent to an activating group) is 1. The van der Waals surface area contributed by atoms with Gasteiger partial charge in [-0.3, -0.25) is 9.36 Å². The zero-order valence-electron chi connectivity index (χ0n) is 50.1. The number of unbranched alkanes of at least 4 members (excludes halogenated alkanes) is 43. The molecule has 0 bridgehead atoms. The van der Waals surface area contributed by atoms with Gasteiger partial charge in [-0.1, -0.05) is 294 Å². The van der Waals surface area contributed by atoms with Crippen molar-refractivity contribution in [2.75, 3.05) is 40.9 Å². The first kappa shape index (κ1) is 72.7. The molecule has 0 aromatic heterocycles. The van der Waals surface area contributed by atoms with Crippen LogP contribution >= 0.6 is 7.82 Å². The van der Waals surface area contributed by atoms with Crippen LogP contribution in [0.2, 0.25) is 0 Å². The SMILES string of the molecule is CCCCCCCCCC/C=C\CCCCCCCCCCCCCCCCCCCCCCCC(=O)NC(COP(=O)([O-])OCC[N+](C)(C)C)C(O)/C=C/CC/C=C/CCCCCCCCCCCCCCC. The van der Waals surface area contributed by atoms with Crippen LogP contribution in [0.15, 0.2) is 36.5 Å². The van der Waals surface area contributed by atoms with Gasteiger partial charge in [0.15, 0.2) is 0 Å². The Morgan fingerprint density at radius 2 is 0.757 bits per heavy atom. The largest absolute Gasteiger partial charge is 0.756 e. The summed E-state index contributed by atoms with van der Waals surface area (Å²) in [4.78, 5) is 25.5. The zero-order chi connectivity index (χ0) is 54.2. The Bertz CT molecular complexity index is 1300. The number of rotatable bonds is 60. The van der Waals surface area contributed by atoms with Gasteiger partial charge in [0.2, 0.25) is 5.91 Å². The van der Waals surface area contributed by atoms with Crippen LogP contribution in [0.1, 0.15) is 322 Å². The third kappa shape index (κ3) is 58.4. The van der Waals surface area contributed by atoms with Crippen molar-refractivity contribution in [2.24, 2.45) is 0 Å². The number of aliphatic hydroxyl groups is 1. The minimum Gasteiger partial charge on any atom is -0.756 e. The summed E-state index contributed by atoms with van der Waals surface area (Å²) in [5, 5.41) is 13.9. The lowest BCUT2D eigenvalue weighted by molar-refractivity contribution is -0.870. The van der Waals surface area contributed by atoms with Crippen molar-refractivity contribution in [3.8, 4) is 0 Å². The van der Waals surface area contributed by atoms with Gasteiger partial charge in [0.1, 0.15) is 13.2 Å². The highest BCUT2D eigenvalue weighted by Gasteiger charge is 2.23. The van der Waals surface area contributed by atoms with Crippen LogP contribution in [0.3, 0.4) is 0 Å².